The van der Waals surface area contributed by atoms with E-state index in [0.717, 1.165) is 25.9 Å². The molecule has 0 aliphatic carbocycles. The average Bonchev–Trinajstić information content (AvgIpc) is 2.91. The van der Waals surface area contributed by atoms with Crippen LogP contribution in [0.15, 0.2) is 29.2 Å². The summed E-state index contributed by atoms with van der Waals surface area (Å²) in [4.78, 5) is 12.3. The number of benzene rings is 1. The van der Waals surface area contributed by atoms with E-state index < -0.39 is 5.76 Å². The summed E-state index contributed by atoms with van der Waals surface area (Å²) >= 11 is 0.500. The number of alkyl halides is 2. The molecule has 20 heavy (non-hydrogen) atoms. The predicted octanol–water partition coefficient (Wildman–Crippen LogP) is 3.33. The fraction of sp³-hybridized carbons (Fsp3) is 0.500. The first-order chi connectivity index (χ1) is 9.63. The summed E-state index contributed by atoms with van der Waals surface area (Å²) in [6.07, 6.45) is 2.52. The van der Waals surface area contributed by atoms with Crippen LogP contribution in [0.1, 0.15) is 19.3 Å². The van der Waals surface area contributed by atoms with Crippen molar-refractivity contribution >= 4 is 23.4 Å². The zero-order valence-corrected chi connectivity index (χ0v) is 11.9. The van der Waals surface area contributed by atoms with Crippen molar-refractivity contribution in [2.45, 2.75) is 29.9 Å². The van der Waals surface area contributed by atoms with Crippen LogP contribution in [0, 0.1) is 5.92 Å². The van der Waals surface area contributed by atoms with Crippen LogP contribution in [0.3, 0.4) is 0 Å². The summed E-state index contributed by atoms with van der Waals surface area (Å²) in [5, 5.41) is 6.06. The molecule has 1 aromatic carbocycles. The van der Waals surface area contributed by atoms with E-state index in [0.29, 0.717) is 34.7 Å². The molecular formula is C14H18F2N2OS. The van der Waals surface area contributed by atoms with E-state index in [9.17, 15) is 13.6 Å². The first-order valence-corrected chi connectivity index (χ1v) is 7.57. The lowest BCUT2D eigenvalue weighted by molar-refractivity contribution is -0.116. The molecule has 1 atom stereocenters. The minimum atomic E-state index is -2.42. The minimum Gasteiger partial charge on any atom is -0.326 e. The first-order valence-electron chi connectivity index (χ1n) is 6.69. The van der Waals surface area contributed by atoms with E-state index in [1.807, 2.05) is 0 Å². The number of carbonyl (C=O) groups is 1. The van der Waals surface area contributed by atoms with E-state index in [-0.39, 0.29) is 5.91 Å². The molecule has 1 unspecified atom stereocenters. The first kappa shape index (κ1) is 15.3. The maximum atomic E-state index is 12.2. The minimum absolute atomic E-state index is 0.0221. The summed E-state index contributed by atoms with van der Waals surface area (Å²) in [7, 11) is 0. The molecule has 1 aliphatic rings. The van der Waals surface area contributed by atoms with Crippen molar-refractivity contribution in [3.63, 3.8) is 0 Å². The van der Waals surface area contributed by atoms with E-state index in [1.54, 1.807) is 24.3 Å². The van der Waals surface area contributed by atoms with Crippen LogP contribution in [-0.4, -0.2) is 24.8 Å². The van der Waals surface area contributed by atoms with Crippen molar-refractivity contribution in [1.29, 1.82) is 0 Å². The van der Waals surface area contributed by atoms with Gasteiger partial charge < -0.3 is 10.6 Å². The Morgan fingerprint density at radius 2 is 2.15 bits per heavy atom. The van der Waals surface area contributed by atoms with Gasteiger partial charge in [-0.15, -0.1) is 0 Å². The second-order valence-corrected chi connectivity index (χ2v) is 5.91. The molecular weight excluding hydrogens is 282 g/mol. The van der Waals surface area contributed by atoms with E-state index >= 15 is 0 Å². The predicted molar refractivity (Wildman–Crippen MR) is 77.1 cm³/mol. The van der Waals surface area contributed by atoms with Crippen molar-refractivity contribution in [2.24, 2.45) is 5.92 Å². The molecule has 0 aromatic heterocycles. The molecule has 0 spiro atoms. The van der Waals surface area contributed by atoms with E-state index in [2.05, 4.69) is 10.6 Å². The molecule has 1 amide bonds. The Balaban J connectivity index is 1.75. The number of rotatable bonds is 6. The summed E-state index contributed by atoms with van der Waals surface area (Å²) in [6, 6.07) is 6.49. The molecule has 1 fully saturated rings. The van der Waals surface area contributed by atoms with Crippen LogP contribution in [-0.2, 0) is 4.79 Å². The third-order valence-corrected chi connectivity index (χ3v) is 4.03. The molecule has 6 heteroatoms. The molecule has 3 nitrogen and oxygen atoms in total. The van der Waals surface area contributed by atoms with E-state index in [1.165, 1.54) is 0 Å². The summed E-state index contributed by atoms with van der Waals surface area (Å²) in [6.45, 7) is 2.03. The number of anilines is 1. The summed E-state index contributed by atoms with van der Waals surface area (Å²) in [5.41, 5.74) is 0.651. The zero-order valence-electron chi connectivity index (χ0n) is 11.1. The standard InChI is InChI=1S/C14H18F2N2OS/c15-14(16)20-12-4-2-11(3-5-12)18-13(19)6-1-10-7-8-17-9-10/h2-5,10,14,17H,1,6-9H2,(H,18,19). The number of amides is 1. The third-order valence-electron chi connectivity index (χ3n) is 3.31. The number of nitrogens with one attached hydrogen (secondary N) is 2. The van der Waals surface area contributed by atoms with Crippen LogP contribution < -0.4 is 10.6 Å². The zero-order chi connectivity index (χ0) is 14.4. The SMILES string of the molecule is O=C(CCC1CCNC1)Nc1ccc(SC(F)F)cc1. The largest absolute Gasteiger partial charge is 0.326 e. The van der Waals surface area contributed by atoms with E-state index in [4.69, 9.17) is 0 Å². The highest BCUT2D eigenvalue weighted by Gasteiger charge is 2.15. The number of hydrogen-bond acceptors (Lipinski definition) is 3. The lowest BCUT2D eigenvalue weighted by Gasteiger charge is -2.09. The van der Waals surface area contributed by atoms with Crippen LogP contribution >= 0.6 is 11.8 Å². The fourth-order valence-electron chi connectivity index (χ4n) is 2.24. The highest BCUT2D eigenvalue weighted by atomic mass is 32.2. The Morgan fingerprint density at radius 3 is 2.75 bits per heavy atom. The lowest BCUT2D eigenvalue weighted by Crippen LogP contribution is -2.14. The smallest absolute Gasteiger partial charge is 0.288 e. The molecule has 110 valence electrons. The van der Waals surface area contributed by atoms with Crippen molar-refractivity contribution in [2.75, 3.05) is 18.4 Å². The van der Waals surface area contributed by atoms with Gasteiger partial charge in [0.2, 0.25) is 5.91 Å². The molecule has 1 saturated heterocycles. The topological polar surface area (TPSA) is 41.1 Å². The van der Waals surface area contributed by atoms with Crippen LogP contribution in [0.5, 0.6) is 0 Å². The van der Waals surface area contributed by atoms with Gasteiger partial charge in [0.1, 0.15) is 0 Å². The molecule has 0 radical (unpaired) electrons. The van der Waals surface area contributed by atoms with Gasteiger partial charge in [-0.3, -0.25) is 4.79 Å². The van der Waals surface area contributed by atoms with Crippen LogP contribution in [0.25, 0.3) is 0 Å². The lowest BCUT2D eigenvalue weighted by atomic mass is 10.0. The van der Waals surface area contributed by atoms with Crippen molar-refractivity contribution in [1.82, 2.24) is 5.32 Å². The molecule has 1 heterocycles. The average molecular weight is 300 g/mol. The third kappa shape index (κ3) is 5.09. The number of halogens is 2. The van der Waals surface area contributed by atoms with Gasteiger partial charge >= 0.3 is 0 Å². The molecule has 0 saturated carbocycles. The molecule has 2 rings (SSSR count). The summed E-state index contributed by atoms with van der Waals surface area (Å²) in [5.74, 6) is -1.85. The quantitative estimate of drug-likeness (QED) is 0.792. The molecule has 2 N–H and O–H groups in total. The monoisotopic (exact) mass is 300 g/mol. The Kier molecular flexibility index (Phi) is 5.79. The molecule has 0 bridgehead atoms. The second kappa shape index (κ2) is 7.59. The normalized spacial score (nSPS) is 18.4. The Bertz CT molecular complexity index is 433. The second-order valence-electron chi connectivity index (χ2n) is 4.85. The van der Waals surface area contributed by atoms with Gasteiger partial charge in [-0.2, -0.15) is 8.78 Å². The van der Waals surface area contributed by atoms with Gasteiger partial charge in [-0.25, -0.2) is 0 Å². The fourth-order valence-corrected chi connectivity index (χ4v) is 2.74. The number of carbonyl (C=O) groups excluding carboxylic acids is 1. The maximum absolute atomic E-state index is 12.2. The van der Waals surface area contributed by atoms with Crippen molar-refractivity contribution < 1.29 is 13.6 Å². The van der Waals surface area contributed by atoms with Crippen LogP contribution in [0.2, 0.25) is 0 Å². The maximum Gasteiger partial charge on any atom is 0.288 e. The van der Waals surface area contributed by atoms with Gasteiger partial charge in [0.05, 0.1) is 0 Å². The van der Waals surface area contributed by atoms with Gasteiger partial charge in [0.15, 0.2) is 0 Å². The highest BCUT2D eigenvalue weighted by molar-refractivity contribution is 7.99. The highest BCUT2D eigenvalue weighted by Crippen LogP contribution is 2.26. The van der Waals surface area contributed by atoms with Gasteiger partial charge in [0, 0.05) is 17.0 Å². The van der Waals surface area contributed by atoms with Gasteiger partial charge in [-0.1, -0.05) is 11.8 Å². The Hall–Kier alpha value is -1.14. The van der Waals surface area contributed by atoms with Crippen molar-refractivity contribution in [3.05, 3.63) is 24.3 Å². The van der Waals surface area contributed by atoms with Crippen molar-refractivity contribution in [3.8, 4) is 0 Å². The number of hydrogen-bond donors (Lipinski definition) is 2. The number of thioether (sulfide) groups is 1. The summed E-state index contributed by atoms with van der Waals surface area (Å²) < 4.78 is 24.3. The Morgan fingerprint density at radius 1 is 1.40 bits per heavy atom. The van der Waals surface area contributed by atoms with Gasteiger partial charge in [-0.05, 0) is 56.1 Å². The van der Waals surface area contributed by atoms with Crippen LogP contribution in [0.4, 0.5) is 14.5 Å². The van der Waals surface area contributed by atoms with Gasteiger partial charge in [0.25, 0.3) is 5.76 Å². The molecule has 1 aliphatic heterocycles. The molecule has 1 aromatic rings. The Labute approximate surface area is 121 Å².